The molecular weight excluding hydrogens is 289 g/mol. The molecule has 2 N–H and O–H groups in total. The van der Waals surface area contributed by atoms with Gasteiger partial charge in [0.15, 0.2) is 0 Å². The van der Waals surface area contributed by atoms with Gasteiger partial charge in [-0.05, 0) is 25.1 Å². The molecule has 1 aromatic carbocycles. The number of nitrogen functional groups attached to an aromatic ring is 1. The van der Waals surface area contributed by atoms with Gasteiger partial charge in [-0.1, -0.05) is 23.2 Å². The first-order valence-electron chi connectivity index (χ1n) is 5.35. The highest BCUT2D eigenvalue weighted by Gasteiger charge is 2.11. The number of benzene rings is 1. The fraction of sp³-hybridized carbons (Fsp3) is 0.250. The third kappa shape index (κ3) is 2.76. The van der Waals surface area contributed by atoms with E-state index in [1.54, 1.807) is 28.6 Å². The highest BCUT2D eigenvalue weighted by molar-refractivity contribution is 7.98. The smallest absolute Gasteiger partial charge is 0.125 e. The molecule has 0 aliphatic rings. The Bertz CT molecular complexity index is 581. The molecule has 2 aromatic rings. The number of hydrogen-bond donors (Lipinski definition) is 1. The summed E-state index contributed by atoms with van der Waals surface area (Å²) in [5, 5.41) is 5.66. The summed E-state index contributed by atoms with van der Waals surface area (Å²) in [5.41, 5.74) is 7.95. The van der Waals surface area contributed by atoms with Gasteiger partial charge in [-0.25, -0.2) is 0 Å². The fourth-order valence-corrected chi connectivity index (χ4v) is 3.23. The van der Waals surface area contributed by atoms with Gasteiger partial charge >= 0.3 is 0 Å². The molecule has 0 bridgehead atoms. The third-order valence-corrected chi connectivity index (χ3v) is 4.42. The average molecular weight is 302 g/mol. The Labute approximate surface area is 120 Å². The molecule has 3 nitrogen and oxygen atoms in total. The Morgan fingerprint density at radius 2 is 2.11 bits per heavy atom. The molecule has 0 saturated heterocycles. The van der Waals surface area contributed by atoms with Crippen LogP contribution < -0.4 is 5.73 Å². The van der Waals surface area contributed by atoms with E-state index in [-0.39, 0.29) is 0 Å². The van der Waals surface area contributed by atoms with Gasteiger partial charge in [-0.15, -0.1) is 11.8 Å². The van der Waals surface area contributed by atoms with Crippen LogP contribution in [0.4, 0.5) is 5.82 Å². The van der Waals surface area contributed by atoms with E-state index in [1.165, 1.54) is 0 Å². The molecular formula is C12H13Cl2N3S. The number of anilines is 1. The van der Waals surface area contributed by atoms with Crippen molar-refractivity contribution in [2.24, 2.45) is 7.05 Å². The molecule has 0 saturated carbocycles. The first-order chi connectivity index (χ1) is 8.49. The largest absolute Gasteiger partial charge is 0.384 e. The van der Waals surface area contributed by atoms with E-state index in [0.29, 0.717) is 15.9 Å². The van der Waals surface area contributed by atoms with Crippen LogP contribution >= 0.6 is 35.0 Å². The van der Waals surface area contributed by atoms with Gasteiger partial charge in [0, 0.05) is 28.3 Å². The number of thioether (sulfide) groups is 1. The standard InChI is InChI=1S/C12H13Cl2N3S/c1-7-9(12(15)17(2)16-7)6-18-11-5-8(13)3-4-10(11)14/h3-5H,6,15H2,1-2H3. The van der Waals surface area contributed by atoms with Crippen molar-refractivity contribution in [2.45, 2.75) is 17.6 Å². The van der Waals surface area contributed by atoms with Crippen LogP contribution in [-0.4, -0.2) is 9.78 Å². The Morgan fingerprint density at radius 3 is 2.72 bits per heavy atom. The Morgan fingerprint density at radius 1 is 1.39 bits per heavy atom. The molecule has 18 heavy (non-hydrogen) atoms. The van der Waals surface area contributed by atoms with E-state index in [1.807, 2.05) is 20.0 Å². The molecule has 1 aromatic heterocycles. The van der Waals surface area contributed by atoms with Crippen molar-refractivity contribution in [2.75, 3.05) is 5.73 Å². The number of rotatable bonds is 3. The van der Waals surface area contributed by atoms with Crippen molar-refractivity contribution in [1.82, 2.24) is 9.78 Å². The molecule has 0 radical (unpaired) electrons. The number of nitrogens with two attached hydrogens (primary N) is 1. The van der Waals surface area contributed by atoms with E-state index in [2.05, 4.69) is 5.10 Å². The number of nitrogens with zero attached hydrogens (tertiary/aromatic N) is 2. The van der Waals surface area contributed by atoms with Crippen LogP contribution in [0.25, 0.3) is 0 Å². The summed E-state index contributed by atoms with van der Waals surface area (Å²) in [6.07, 6.45) is 0. The topological polar surface area (TPSA) is 43.8 Å². The minimum Gasteiger partial charge on any atom is -0.384 e. The molecule has 0 atom stereocenters. The lowest BCUT2D eigenvalue weighted by Gasteiger charge is -2.05. The number of aromatic nitrogens is 2. The molecule has 0 amide bonds. The fourth-order valence-electron chi connectivity index (χ4n) is 1.64. The summed E-state index contributed by atoms with van der Waals surface area (Å²) in [6, 6.07) is 5.43. The Balaban J connectivity index is 2.19. The normalized spacial score (nSPS) is 10.9. The van der Waals surface area contributed by atoms with Gasteiger partial charge in [0.1, 0.15) is 5.82 Å². The van der Waals surface area contributed by atoms with Crippen LogP contribution in [0.15, 0.2) is 23.1 Å². The van der Waals surface area contributed by atoms with E-state index in [0.717, 1.165) is 21.9 Å². The van der Waals surface area contributed by atoms with E-state index < -0.39 is 0 Å². The maximum atomic E-state index is 6.12. The van der Waals surface area contributed by atoms with Crippen molar-refractivity contribution in [3.8, 4) is 0 Å². The minimum absolute atomic E-state index is 0.679. The maximum Gasteiger partial charge on any atom is 0.125 e. The predicted molar refractivity (Wildman–Crippen MR) is 78.4 cm³/mol. The second-order valence-electron chi connectivity index (χ2n) is 3.94. The van der Waals surface area contributed by atoms with E-state index >= 15 is 0 Å². The van der Waals surface area contributed by atoms with Crippen molar-refractivity contribution < 1.29 is 0 Å². The second kappa shape index (κ2) is 5.43. The maximum absolute atomic E-state index is 6.12. The predicted octanol–water partition coefficient (Wildman–Crippen LogP) is 3.91. The van der Waals surface area contributed by atoms with E-state index in [9.17, 15) is 0 Å². The summed E-state index contributed by atoms with van der Waals surface area (Å²) < 4.78 is 1.69. The molecule has 0 unspecified atom stereocenters. The average Bonchev–Trinajstić information content (AvgIpc) is 2.55. The zero-order valence-electron chi connectivity index (χ0n) is 10.1. The lowest BCUT2D eigenvalue weighted by atomic mass is 10.3. The number of hydrogen-bond acceptors (Lipinski definition) is 3. The van der Waals surface area contributed by atoms with Crippen LogP contribution in [0, 0.1) is 6.92 Å². The van der Waals surface area contributed by atoms with Gasteiger partial charge in [-0.3, -0.25) is 4.68 Å². The Kier molecular flexibility index (Phi) is 4.10. The van der Waals surface area contributed by atoms with Crippen LogP contribution in [0.3, 0.4) is 0 Å². The second-order valence-corrected chi connectivity index (χ2v) is 5.80. The lowest BCUT2D eigenvalue weighted by molar-refractivity contribution is 0.767. The van der Waals surface area contributed by atoms with Gasteiger partial charge in [0.05, 0.1) is 10.7 Å². The number of aryl methyl sites for hydroxylation is 2. The summed E-state index contributed by atoms with van der Waals surface area (Å²) in [4.78, 5) is 0.951. The summed E-state index contributed by atoms with van der Waals surface area (Å²) in [7, 11) is 1.84. The zero-order chi connectivity index (χ0) is 13.3. The summed E-state index contributed by atoms with van der Waals surface area (Å²) in [5.74, 6) is 1.42. The highest BCUT2D eigenvalue weighted by Crippen LogP contribution is 2.33. The minimum atomic E-state index is 0.679. The van der Waals surface area contributed by atoms with Crippen molar-refractivity contribution in [3.63, 3.8) is 0 Å². The summed E-state index contributed by atoms with van der Waals surface area (Å²) in [6.45, 7) is 1.95. The molecule has 2 rings (SSSR count). The summed E-state index contributed by atoms with van der Waals surface area (Å²) >= 11 is 13.7. The molecule has 1 heterocycles. The van der Waals surface area contributed by atoms with Crippen molar-refractivity contribution >= 4 is 40.8 Å². The van der Waals surface area contributed by atoms with Gasteiger partial charge in [0.2, 0.25) is 0 Å². The van der Waals surface area contributed by atoms with Crippen LogP contribution in [0.2, 0.25) is 10.0 Å². The van der Waals surface area contributed by atoms with Crippen molar-refractivity contribution in [3.05, 3.63) is 39.5 Å². The van der Waals surface area contributed by atoms with Crippen LogP contribution in [-0.2, 0) is 12.8 Å². The molecule has 0 fully saturated rings. The third-order valence-electron chi connectivity index (χ3n) is 2.66. The first-order valence-corrected chi connectivity index (χ1v) is 7.09. The molecule has 6 heteroatoms. The van der Waals surface area contributed by atoms with E-state index in [4.69, 9.17) is 28.9 Å². The van der Waals surface area contributed by atoms with Crippen molar-refractivity contribution in [1.29, 1.82) is 0 Å². The quantitative estimate of drug-likeness (QED) is 0.874. The lowest BCUT2D eigenvalue weighted by Crippen LogP contribution is -1.98. The van der Waals surface area contributed by atoms with Crippen LogP contribution in [0.5, 0.6) is 0 Å². The Hall–Kier alpha value is -0.840. The van der Waals surface area contributed by atoms with Crippen LogP contribution in [0.1, 0.15) is 11.3 Å². The molecule has 0 aliphatic heterocycles. The highest BCUT2D eigenvalue weighted by atomic mass is 35.5. The SMILES string of the molecule is Cc1nn(C)c(N)c1CSc1cc(Cl)ccc1Cl. The molecule has 0 aliphatic carbocycles. The number of halogens is 2. The first kappa shape index (κ1) is 13.6. The molecule has 96 valence electrons. The monoisotopic (exact) mass is 301 g/mol. The van der Waals surface area contributed by atoms with Gasteiger partial charge in [0.25, 0.3) is 0 Å². The van der Waals surface area contributed by atoms with Gasteiger partial charge < -0.3 is 5.73 Å². The molecule has 0 spiro atoms. The van der Waals surface area contributed by atoms with Gasteiger partial charge in [-0.2, -0.15) is 5.10 Å². The zero-order valence-corrected chi connectivity index (χ0v) is 12.4.